The molecular formula is C12H22. The Kier molecular flexibility index (Phi) is 6.84. The van der Waals surface area contributed by atoms with Gasteiger partial charge in [-0.15, -0.1) is 6.58 Å². The summed E-state index contributed by atoms with van der Waals surface area (Å²) < 4.78 is 0. The Bertz CT molecular complexity index is 131. The van der Waals surface area contributed by atoms with Crippen LogP contribution >= 0.6 is 0 Å². The van der Waals surface area contributed by atoms with Gasteiger partial charge in [-0.25, -0.2) is 0 Å². The molecule has 0 heterocycles. The smallest absolute Gasteiger partial charge is 0.0262 e. The van der Waals surface area contributed by atoms with Crippen LogP contribution in [0.1, 0.15) is 40.0 Å². The first kappa shape index (κ1) is 11.5. The van der Waals surface area contributed by atoms with Gasteiger partial charge in [-0.05, 0) is 31.1 Å². The molecule has 70 valence electrons. The summed E-state index contributed by atoms with van der Waals surface area (Å²) in [7, 11) is 0. The van der Waals surface area contributed by atoms with E-state index < -0.39 is 0 Å². The van der Waals surface area contributed by atoms with Crippen molar-refractivity contribution < 1.29 is 0 Å². The molecule has 0 amide bonds. The van der Waals surface area contributed by atoms with Gasteiger partial charge in [-0.3, -0.25) is 0 Å². The highest BCUT2D eigenvalue weighted by Gasteiger charge is 1.92. The molecule has 12 heavy (non-hydrogen) atoms. The minimum absolute atomic E-state index is 0.661. The summed E-state index contributed by atoms with van der Waals surface area (Å²) in [6.45, 7) is 10.5. The highest BCUT2D eigenvalue weighted by Crippen LogP contribution is 2.07. The maximum absolute atomic E-state index is 3.76. The zero-order valence-corrected chi connectivity index (χ0v) is 8.72. The Morgan fingerprint density at radius 1 is 1.17 bits per heavy atom. The Balaban J connectivity index is 3.30. The van der Waals surface area contributed by atoms with E-state index in [4.69, 9.17) is 0 Å². The normalized spacial score (nSPS) is 14.0. The molecule has 0 radical (unpaired) electrons. The highest BCUT2D eigenvalue weighted by atomic mass is 14.0. The van der Waals surface area contributed by atoms with Crippen LogP contribution < -0.4 is 0 Å². The maximum atomic E-state index is 3.76. The van der Waals surface area contributed by atoms with Crippen LogP contribution in [0.25, 0.3) is 0 Å². The third kappa shape index (κ3) is 7.59. The third-order valence-electron chi connectivity index (χ3n) is 1.97. The van der Waals surface area contributed by atoms with E-state index in [1.807, 2.05) is 6.08 Å². The van der Waals surface area contributed by atoms with Crippen LogP contribution in [-0.4, -0.2) is 0 Å². The Morgan fingerprint density at radius 2 is 1.83 bits per heavy atom. The van der Waals surface area contributed by atoms with E-state index in [2.05, 4.69) is 39.5 Å². The van der Waals surface area contributed by atoms with Crippen LogP contribution in [0.15, 0.2) is 24.8 Å². The van der Waals surface area contributed by atoms with Crippen molar-refractivity contribution in [3.63, 3.8) is 0 Å². The second-order valence-corrected chi connectivity index (χ2v) is 3.89. The van der Waals surface area contributed by atoms with Gasteiger partial charge in [0.15, 0.2) is 0 Å². The van der Waals surface area contributed by atoms with E-state index in [1.165, 1.54) is 19.3 Å². The highest BCUT2D eigenvalue weighted by molar-refractivity contribution is 4.85. The Labute approximate surface area is 77.4 Å². The lowest BCUT2D eigenvalue weighted by Gasteiger charge is -2.01. The van der Waals surface area contributed by atoms with Crippen LogP contribution in [0.5, 0.6) is 0 Å². The lowest BCUT2D eigenvalue weighted by molar-refractivity contribution is 0.646. The van der Waals surface area contributed by atoms with Gasteiger partial charge in [0.05, 0.1) is 0 Å². The fourth-order valence-corrected chi connectivity index (χ4v) is 0.963. The lowest BCUT2D eigenvalue weighted by Crippen LogP contribution is -1.86. The quantitative estimate of drug-likeness (QED) is 0.519. The van der Waals surface area contributed by atoms with E-state index in [9.17, 15) is 0 Å². The van der Waals surface area contributed by atoms with Crippen molar-refractivity contribution in [1.29, 1.82) is 0 Å². The van der Waals surface area contributed by atoms with Gasteiger partial charge in [0, 0.05) is 0 Å². The zero-order chi connectivity index (χ0) is 9.40. The van der Waals surface area contributed by atoms with Crippen molar-refractivity contribution in [3.05, 3.63) is 24.8 Å². The summed E-state index contributed by atoms with van der Waals surface area (Å²) in [4.78, 5) is 0. The minimum atomic E-state index is 0.661. The molecule has 0 aliphatic carbocycles. The molecule has 0 saturated heterocycles. The van der Waals surface area contributed by atoms with Gasteiger partial charge in [-0.2, -0.15) is 0 Å². The molecule has 0 aliphatic rings. The number of rotatable bonds is 6. The van der Waals surface area contributed by atoms with Gasteiger partial charge in [0.1, 0.15) is 0 Å². The topological polar surface area (TPSA) is 0 Å². The van der Waals surface area contributed by atoms with Gasteiger partial charge in [0.2, 0.25) is 0 Å². The minimum Gasteiger partial charge on any atom is -0.103 e. The summed E-state index contributed by atoms with van der Waals surface area (Å²) in [6, 6.07) is 0. The van der Waals surface area contributed by atoms with Crippen molar-refractivity contribution >= 4 is 0 Å². The molecule has 0 heteroatoms. The average molecular weight is 166 g/mol. The predicted octanol–water partition coefficient (Wildman–Crippen LogP) is 4.19. The van der Waals surface area contributed by atoms with Gasteiger partial charge in [0.25, 0.3) is 0 Å². The molecule has 0 N–H and O–H groups in total. The molecule has 0 aromatic rings. The van der Waals surface area contributed by atoms with E-state index in [0.29, 0.717) is 5.92 Å². The van der Waals surface area contributed by atoms with E-state index in [0.717, 1.165) is 5.92 Å². The largest absolute Gasteiger partial charge is 0.103 e. The van der Waals surface area contributed by atoms with Gasteiger partial charge < -0.3 is 0 Å². The molecular weight excluding hydrogens is 144 g/mol. The van der Waals surface area contributed by atoms with Crippen molar-refractivity contribution in [3.8, 4) is 0 Å². The SMILES string of the molecule is C=CC(C)CCC=CCC(C)C. The summed E-state index contributed by atoms with van der Waals surface area (Å²) in [5.74, 6) is 1.45. The third-order valence-corrected chi connectivity index (χ3v) is 1.97. The number of allylic oxidation sites excluding steroid dienone is 3. The maximum Gasteiger partial charge on any atom is -0.0262 e. The molecule has 0 spiro atoms. The van der Waals surface area contributed by atoms with Gasteiger partial charge in [-0.1, -0.05) is 39.0 Å². The van der Waals surface area contributed by atoms with Crippen LogP contribution in [0, 0.1) is 11.8 Å². The molecule has 0 bridgehead atoms. The van der Waals surface area contributed by atoms with Crippen molar-refractivity contribution in [1.82, 2.24) is 0 Å². The first-order valence-electron chi connectivity index (χ1n) is 4.94. The second-order valence-electron chi connectivity index (χ2n) is 3.89. The zero-order valence-electron chi connectivity index (χ0n) is 8.72. The van der Waals surface area contributed by atoms with E-state index in [-0.39, 0.29) is 0 Å². The summed E-state index contributed by atoms with van der Waals surface area (Å²) in [5, 5.41) is 0. The first-order chi connectivity index (χ1) is 5.66. The summed E-state index contributed by atoms with van der Waals surface area (Å²) in [5.41, 5.74) is 0. The molecule has 0 aromatic heterocycles. The molecule has 0 rings (SSSR count). The molecule has 0 aliphatic heterocycles. The average Bonchev–Trinajstić information content (AvgIpc) is 2.03. The van der Waals surface area contributed by atoms with Crippen molar-refractivity contribution in [2.45, 2.75) is 40.0 Å². The van der Waals surface area contributed by atoms with E-state index >= 15 is 0 Å². The summed E-state index contributed by atoms with van der Waals surface area (Å²) in [6.07, 6.45) is 10.2. The Hall–Kier alpha value is -0.520. The van der Waals surface area contributed by atoms with Crippen molar-refractivity contribution in [2.75, 3.05) is 0 Å². The second kappa shape index (κ2) is 7.15. The van der Waals surface area contributed by atoms with Crippen LogP contribution in [0.3, 0.4) is 0 Å². The monoisotopic (exact) mass is 166 g/mol. The number of hydrogen-bond donors (Lipinski definition) is 0. The van der Waals surface area contributed by atoms with Crippen LogP contribution in [0.4, 0.5) is 0 Å². The fraction of sp³-hybridized carbons (Fsp3) is 0.667. The molecule has 0 nitrogen and oxygen atoms in total. The standard InChI is InChI=1S/C12H22/c1-5-12(4)10-8-6-7-9-11(2)3/h5-7,11-12H,1,8-10H2,2-4H3. The molecule has 0 aromatic carbocycles. The molecule has 0 saturated carbocycles. The fourth-order valence-electron chi connectivity index (χ4n) is 0.963. The Morgan fingerprint density at radius 3 is 2.33 bits per heavy atom. The van der Waals surface area contributed by atoms with Crippen LogP contribution in [-0.2, 0) is 0 Å². The van der Waals surface area contributed by atoms with Crippen LogP contribution in [0.2, 0.25) is 0 Å². The van der Waals surface area contributed by atoms with Crippen molar-refractivity contribution in [2.24, 2.45) is 11.8 Å². The molecule has 0 fully saturated rings. The number of hydrogen-bond acceptors (Lipinski definition) is 0. The van der Waals surface area contributed by atoms with E-state index in [1.54, 1.807) is 0 Å². The summed E-state index contributed by atoms with van der Waals surface area (Å²) >= 11 is 0. The molecule has 1 atom stereocenters. The molecule has 1 unspecified atom stereocenters. The predicted molar refractivity (Wildman–Crippen MR) is 57.2 cm³/mol. The first-order valence-corrected chi connectivity index (χ1v) is 4.94. The van der Waals surface area contributed by atoms with Gasteiger partial charge >= 0.3 is 0 Å². The lowest BCUT2D eigenvalue weighted by atomic mass is 10.0.